The van der Waals surface area contributed by atoms with Crippen LogP contribution in [0.5, 0.6) is 0 Å². The van der Waals surface area contributed by atoms with Gasteiger partial charge in [-0.15, -0.1) is 0 Å². The number of nitrogens with two attached hydrogens (primary N) is 1. The molecule has 0 radical (unpaired) electrons. The Bertz CT molecular complexity index is 1390. The van der Waals surface area contributed by atoms with Gasteiger partial charge in [0.25, 0.3) is 0 Å². The Morgan fingerprint density at radius 3 is 2.65 bits per heavy atom. The van der Waals surface area contributed by atoms with Crippen LogP contribution in [0.15, 0.2) is 72.1 Å². The number of hydrogen-bond donors (Lipinski definition) is 4. The summed E-state index contributed by atoms with van der Waals surface area (Å²) in [6, 6.07) is 8.14. The first-order valence-electron chi connectivity index (χ1n) is 11.0. The van der Waals surface area contributed by atoms with Crippen molar-refractivity contribution in [1.29, 1.82) is 0 Å². The van der Waals surface area contributed by atoms with Gasteiger partial charge in [0.05, 0.1) is 35.7 Å². The van der Waals surface area contributed by atoms with E-state index < -0.39 is 17.5 Å². The van der Waals surface area contributed by atoms with E-state index in [0.29, 0.717) is 35.7 Å². The fourth-order valence-electron chi connectivity index (χ4n) is 3.17. The summed E-state index contributed by atoms with van der Waals surface area (Å²) in [5.41, 5.74) is 7.37. The van der Waals surface area contributed by atoms with Gasteiger partial charge in [0.1, 0.15) is 17.5 Å². The Labute approximate surface area is 216 Å². The van der Waals surface area contributed by atoms with Crippen LogP contribution in [0, 0.1) is 11.6 Å². The monoisotopic (exact) mass is 525 g/mol. The van der Waals surface area contributed by atoms with Gasteiger partial charge < -0.3 is 26.4 Å². The predicted octanol–water partition coefficient (Wildman–Crippen LogP) is 4.62. The zero-order valence-electron chi connectivity index (χ0n) is 19.3. The van der Waals surface area contributed by atoms with Gasteiger partial charge in [0.15, 0.2) is 0 Å². The number of ether oxygens (including phenoxy) is 1. The fraction of sp³-hybridized carbons (Fsp3) is 0.120. The smallest absolute Gasteiger partial charge is 0.247 e. The molecule has 0 bridgehead atoms. The Hall–Kier alpha value is -4.35. The molecular formula is C25H22ClF2N7O2. The lowest BCUT2D eigenvalue weighted by Gasteiger charge is -2.21. The van der Waals surface area contributed by atoms with Crippen molar-refractivity contribution in [1.82, 2.24) is 9.97 Å². The molecule has 1 amide bonds. The number of nitrogens with zero attached hydrogens (tertiary/aromatic N) is 3. The average Bonchev–Trinajstić information content (AvgIpc) is 2.86. The number of anilines is 4. The SMILES string of the molecule is C=CC(=O)Nc1ccc(F)c(Nc2nc(NC(C=NC3COC3)=CN)ncc2-c2ccc(F)c(Cl)c2)c1. The highest BCUT2D eigenvalue weighted by Crippen LogP contribution is 2.33. The van der Waals surface area contributed by atoms with Gasteiger partial charge in [-0.3, -0.25) is 9.79 Å². The lowest BCUT2D eigenvalue weighted by molar-refractivity contribution is -0.111. The summed E-state index contributed by atoms with van der Waals surface area (Å²) >= 11 is 5.98. The van der Waals surface area contributed by atoms with Gasteiger partial charge >= 0.3 is 0 Å². The van der Waals surface area contributed by atoms with Gasteiger partial charge in [-0.25, -0.2) is 13.8 Å². The molecule has 4 rings (SSSR count). The first kappa shape index (κ1) is 25.7. The quantitative estimate of drug-likeness (QED) is 0.237. The van der Waals surface area contributed by atoms with E-state index in [1.807, 2.05) is 0 Å². The molecule has 9 nitrogen and oxygen atoms in total. The molecule has 0 aliphatic carbocycles. The number of rotatable bonds is 9. The maximum atomic E-state index is 14.7. The third kappa shape index (κ3) is 6.46. The standard InChI is InChI=1S/C25H22ClF2N7O2/c1-2-23(36)32-15-4-6-21(28)22(8-15)34-24-18(14-3-5-20(27)19(26)7-14)11-31-25(35-24)33-16(9-29)10-30-17-12-37-13-17/h2-11,17H,1,12-13,29H2,(H,32,36)(H2,31,33,34,35). The Kier molecular flexibility index (Phi) is 8.06. The van der Waals surface area contributed by atoms with Crippen LogP contribution >= 0.6 is 11.6 Å². The van der Waals surface area contributed by atoms with E-state index in [9.17, 15) is 13.6 Å². The van der Waals surface area contributed by atoms with Gasteiger partial charge in [-0.05, 0) is 42.0 Å². The van der Waals surface area contributed by atoms with Crippen molar-refractivity contribution in [2.75, 3.05) is 29.2 Å². The number of allylic oxidation sites excluding steroid dienone is 1. The van der Waals surface area contributed by atoms with Gasteiger partial charge in [-0.2, -0.15) is 4.98 Å². The molecule has 0 atom stereocenters. The molecule has 190 valence electrons. The Morgan fingerprint density at radius 2 is 1.97 bits per heavy atom. The normalized spacial score (nSPS) is 13.8. The number of carbonyl (C=O) groups excluding carboxylic acids is 1. The van der Waals surface area contributed by atoms with Crippen LogP contribution in [-0.2, 0) is 9.53 Å². The zero-order valence-corrected chi connectivity index (χ0v) is 20.1. The molecule has 1 aromatic heterocycles. The summed E-state index contributed by atoms with van der Waals surface area (Å²) in [4.78, 5) is 24.8. The second-order valence-electron chi connectivity index (χ2n) is 7.81. The molecule has 1 saturated heterocycles. The molecule has 0 spiro atoms. The van der Waals surface area contributed by atoms with Crippen molar-refractivity contribution < 1.29 is 18.3 Å². The Balaban J connectivity index is 1.70. The van der Waals surface area contributed by atoms with E-state index in [-0.39, 0.29) is 28.5 Å². The number of nitrogens with one attached hydrogen (secondary N) is 3. The van der Waals surface area contributed by atoms with E-state index in [1.54, 1.807) is 6.21 Å². The minimum absolute atomic E-state index is 0.0158. The number of aromatic nitrogens is 2. The fourth-order valence-corrected chi connectivity index (χ4v) is 3.35. The van der Waals surface area contributed by atoms with E-state index in [2.05, 4.69) is 37.5 Å². The molecule has 0 saturated carbocycles. The Morgan fingerprint density at radius 1 is 1.19 bits per heavy atom. The lowest BCUT2D eigenvalue weighted by atomic mass is 10.1. The average molecular weight is 526 g/mol. The topological polar surface area (TPSA) is 127 Å². The minimum Gasteiger partial charge on any atom is -0.403 e. The summed E-state index contributed by atoms with van der Waals surface area (Å²) in [6.45, 7) is 4.47. The zero-order chi connectivity index (χ0) is 26.4. The largest absolute Gasteiger partial charge is 0.403 e. The van der Waals surface area contributed by atoms with Crippen LogP contribution in [0.1, 0.15) is 0 Å². The second-order valence-corrected chi connectivity index (χ2v) is 8.22. The summed E-state index contributed by atoms with van der Waals surface area (Å²) in [7, 11) is 0. The highest BCUT2D eigenvalue weighted by molar-refractivity contribution is 6.31. The molecule has 5 N–H and O–H groups in total. The maximum Gasteiger partial charge on any atom is 0.247 e. The number of amides is 1. The van der Waals surface area contributed by atoms with E-state index in [4.69, 9.17) is 22.1 Å². The van der Waals surface area contributed by atoms with Crippen molar-refractivity contribution in [2.24, 2.45) is 10.7 Å². The van der Waals surface area contributed by atoms with Crippen molar-refractivity contribution in [2.45, 2.75) is 6.04 Å². The summed E-state index contributed by atoms with van der Waals surface area (Å²) in [5.74, 6) is -1.35. The van der Waals surface area contributed by atoms with E-state index in [1.165, 1.54) is 48.8 Å². The van der Waals surface area contributed by atoms with E-state index in [0.717, 1.165) is 6.08 Å². The summed E-state index contributed by atoms with van der Waals surface area (Å²) in [5, 5.41) is 8.35. The van der Waals surface area contributed by atoms with Crippen molar-refractivity contribution in [3.8, 4) is 11.1 Å². The van der Waals surface area contributed by atoms with E-state index >= 15 is 0 Å². The summed E-state index contributed by atoms with van der Waals surface area (Å²) in [6.07, 6.45) is 5.41. The third-order valence-corrected chi connectivity index (χ3v) is 5.46. The van der Waals surface area contributed by atoms with Crippen LogP contribution in [-0.4, -0.2) is 41.3 Å². The molecule has 12 heteroatoms. The van der Waals surface area contributed by atoms with Crippen molar-refractivity contribution in [3.05, 3.63) is 83.8 Å². The van der Waals surface area contributed by atoms with Gasteiger partial charge in [0, 0.05) is 29.9 Å². The number of carbonyl (C=O) groups is 1. The molecule has 2 heterocycles. The van der Waals surface area contributed by atoms with Crippen LogP contribution in [0.4, 0.5) is 31.9 Å². The van der Waals surface area contributed by atoms with Crippen molar-refractivity contribution in [3.63, 3.8) is 0 Å². The lowest BCUT2D eigenvalue weighted by Crippen LogP contribution is -2.31. The summed E-state index contributed by atoms with van der Waals surface area (Å²) < 4.78 is 33.6. The number of aliphatic imine (C=N–C) groups is 1. The molecule has 3 aromatic rings. The van der Waals surface area contributed by atoms with Gasteiger partial charge in [-0.1, -0.05) is 24.2 Å². The van der Waals surface area contributed by atoms with Crippen LogP contribution < -0.4 is 21.7 Å². The highest BCUT2D eigenvalue weighted by atomic mass is 35.5. The first-order chi connectivity index (χ1) is 17.9. The molecule has 1 aliphatic rings. The molecule has 1 aliphatic heterocycles. The number of hydrogen-bond acceptors (Lipinski definition) is 8. The predicted molar refractivity (Wildman–Crippen MR) is 140 cm³/mol. The van der Waals surface area contributed by atoms with Crippen LogP contribution in [0.25, 0.3) is 11.1 Å². The highest BCUT2D eigenvalue weighted by Gasteiger charge is 2.17. The van der Waals surface area contributed by atoms with Gasteiger partial charge in [0.2, 0.25) is 11.9 Å². The molecule has 1 fully saturated rings. The first-order valence-corrected chi connectivity index (χ1v) is 11.4. The molecular weight excluding hydrogens is 504 g/mol. The molecule has 0 unspecified atom stereocenters. The van der Waals surface area contributed by atoms with Crippen LogP contribution in [0.2, 0.25) is 5.02 Å². The number of halogens is 3. The number of benzene rings is 2. The second kappa shape index (κ2) is 11.6. The molecule has 37 heavy (non-hydrogen) atoms. The molecule has 2 aromatic carbocycles. The minimum atomic E-state index is -0.606. The van der Waals surface area contributed by atoms with Crippen LogP contribution in [0.3, 0.4) is 0 Å². The maximum absolute atomic E-state index is 14.7. The van der Waals surface area contributed by atoms with Crippen molar-refractivity contribution >= 4 is 46.9 Å². The third-order valence-electron chi connectivity index (χ3n) is 5.17.